The third-order valence-electron chi connectivity index (χ3n) is 7.94. The van der Waals surface area contributed by atoms with Gasteiger partial charge in [0.2, 0.25) is 0 Å². The predicted octanol–water partition coefficient (Wildman–Crippen LogP) is 14.3. The average Bonchev–Trinajstić information content (AvgIpc) is 3.02. The van der Waals surface area contributed by atoms with E-state index in [0.717, 1.165) is 11.7 Å². The number of hydrogen-bond donors (Lipinski definition) is 0. The fraction of sp³-hybridized carbons (Fsp3) is 0.478. The van der Waals surface area contributed by atoms with Crippen LogP contribution in [0.4, 0.5) is 0 Å². The third kappa shape index (κ3) is 18.0. The first-order valence-electron chi connectivity index (χ1n) is 18.1. The molecule has 258 valence electrons. The van der Waals surface area contributed by atoms with E-state index in [0.29, 0.717) is 29.6 Å². The van der Waals surface area contributed by atoms with Crippen LogP contribution in [0, 0.1) is 5.92 Å². The SMILES string of the molecule is CC(C)Cc1ccc(C(C)C)cc1.CC(C)Oc1ccc(C(C)C)cc1.CC(C)c1ccc(C(C)C)cc1.CC(C)c1ccccc1. The molecule has 0 unspecified atom stereocenters. The highest BCUT2D eigenvalue weighted by atomic mass is 16.5. The largest absolute Gasteiger partial charge is 0.491 e. The van der Waals surface area contributed by atoms with Crippen molar-refractivity contribution in [1.82, 2.24) is 0 Å². The minimum atomic E-state index is 0.255. The van der Waals surface area contributed by atoms with E-state index in [4.69, 9.17) is 4.74 Å². The summed E-state index contributed by atoms with van der Waals surface area (Å²) in [6.45, 7) is 30.8. The fourth-order valence-corrected chi connectivity index (χ4v) is 4.82. The quantitative estimate of drug-likeness (QED) is 0.178. The van der Waals surface area contributed by atoms with E-state index in [1.54, 1.807) is 0 Å². The van der Waals surface area contributed by atoms with Gasteiger partial charge in [0, 0.05) is 0 Å². The summed E-state index contributed by atoms with van der Waals surface area (Å²) in [7, 11) is 0. The van der Waals surface area contributed by atoms with Gasteiger partial charge in [0.25, 0.3) is 0 Å². The Morgan fingerprint density at radius 3 is 0.936 bits per heavy atom. The van der Waals surface area contributed by atoms with Crippen molar-refractivity contribution in [1.29, 1.82) is 0 Å². The highest BCUT2D eigenvalue weighted by Gasteiger charge is 2.02. The topological polar surface area (TPSA) is 9.23 Å². The summed E-state index contributed by atoms with van der Waals surface area (Å²) >= 11 is 0. The van der Waals surface area contributed by atoms with E-state index >= 15 is 0 Å². The van der Waals surface area contributed by atoms with Crippen molar-refractivity contribution in [3.05, 3.63) is 137 Å². The number of benzene rings is 4. The molecule has 0 saturated heterocycles. The van der Waals surface area contributed by atoms with Gasteiger partial charge in [-0.15, -0.1) is 0 Å². The molecule has 0 atom stereocenters. The van der Waals surface area contributed by atoms with Gasteiger partial charge in [-0.2, -0.15) is 0 Å². The van der Waals surface area contributed by atoms with Crippen molar-refractivity contribution in [2.45, 2.75) is 139 Å². The Bertz CT molecular complexity index is 1220. The van der Waals surface area contributed by atoms with Crippen LogP contribution in [0.3, 0.4) is 0 Å². The van der Waals surface area contributed by atoms with Crippen LogP contribution in [0.15, 0.2) is 103 Å². The molecule has 0 saturated carbocycles. The maximum Gasteiger partial charge on any atom is 0.119 e. The Morgan fingerprint density at radius 2 is 0.660 bits per heavy atom. The van der Waals surface area contributed by atoms with Crippen LogP contribution in [-0.2, 0) is 6.42 Å². The molecule has 1 nitrogen and oxygen atoms in total. The molecule has 0 aliphatic heterocycles. The summed E-state index contributed by atoms with van der Waals surface area (Å²) in [6.07, 6.45) is 1.45. The Morgan fingerprint density at radius 1 is 0.362 bits per heavy atom. The Labute approximate surface area is 291 Å². The van der Waals surface area contributed by atoms with Crippen LogP contribution >= 0.6 is 0 Å². The van der Waals surface area contributed by atoms with E-state index < -0.39 is 0 Å². The second-order valence-corrected chi connectivity index (χ2v) is 14.9. The summed E-state index contributed by atoms with van der Waals surface area (Å²) in [5.41, 5.74) is 8.53. The molecule has 0 spiro atoms. The molecule has 0 bridgehead atoms. The van der Waals surface area contributed by atoms with Crippen molar-refractivity contribution in [2.24, 2.45) is 5.92 Å². The van der Waals surface area contributed by atoms with Gasteiger partial charge in [-0.05, 0) is 101 Å². The van der Waals surface area contributed by atoms with Gasteiger partial charge in [-0.3, -0.25) is 0 Å². The maximum absolute atomic E-state index is 5.55. The molecule has 0 aromatic heterocycles. The van der Waals surface area contributed by atoms with Gasteiger partial charge in [0.15, 0.2) is 0 Å². The molecule has 0 aliphatic rings. The smallest absolute Gasteiger partial charge is 0.119 e. The standard InChI is InChI=1S/C13H20.C12H18O.C12H18.C9H12/c1-10(2)9-12-5-7-13(8-6-12)11(3)4;1-9(2)11-5-7-12(8-6-11)13-10(3)4;1-9(2)11-5-7-12(8-6-11)10(3)4;1-8(2)9-6-4-3-5-7-9/h5-8,10-11H,9H2,1-4H3;5-10H,1-4H3;5-10H,1-4H3;3-8H,1-2H3. The molecule has 0 fully saturated rings. The van der Waals surface area contributed by atoms with Gasteiger partial charge in [0.1, 0.15) is 5.75 Å². The highest BCUT2D eigenvalue weighted by molar-refractivity contribution is 5.29. The number of ether oxygens (including phenoxy) is 1. The molecule has 0 aliphatic carbocycles. The molecule has 47 heavy (non-hydrogen) atoms. The summed E-state index contributed by atoms with van der Waals surface area (Å²) in [5, 5.41) is 0. The van der Waals surface area contributed by atoms with Crippen LogP contribution in [-0.4, -0.2) is 6.10 Å². The van der Waals surface area contributed by atoms with Gasteiger partial charge >= 0.3 is 0 Å². The molecule has 4 aromatic carbocycles. The maximum atomic E-state index is 5.55. The van der Waals surface area contributed by atoms with E-state index in [9.17, 15) is 0 Å². The first-order chi connectivity index (χ1) is 22.1. The second-order valence-electron chi connectivity index (χ2n) is 14.9. The minimum Gasteiger partial charge on any atom is -0.491 e. The molecular formula is C46H68O. The first kappa shape index (κ1) is 41.7. The monoisotopic (exact) mass is 637 g/mol. The lowest BCUT2D eigenvalue weighted by molar-refractivity contribution is 0.242. The summed E-state index contributed by atoms with van der Waals surface area (Å²) < 4.78 is 5.55. The van der Waals surface area contributed by atoms with Crippen LogP contribution in [0.1, 0.15) is 160 Å². The van der Waals surface area contributed by atoms with Crippen molar-refractivity contribution in [3.8, 4) is 5.75 Å². The normalized spacial score (nSPS) is 10.9. The first-order valence-corrected chi connectivity index (χ1v) is 18.1. The number of rotatable bonds is 9. The summed E-state index contributed by atoms with van der Waals surface area (Å²) in [6, 6.07) is 36.8. The lowest BCUT2D eigenvalue weighted by Crippen LogP contribution is -2.05. The van der Waals surface area contributed by atoms with Crippen LogP contribution < -0.4 is 4.74 Å². The van der Waals surface area contributed by atoms with Crippen LogP contribution in [0.25, 0.3) is 0 Å². The van der Waals surface area contributed by atoms with Crippen molar-refractivity contribution >= 4 is 0 Å². The van der Waals surface area contributed by atoms with Crippen LogP contribution in [0.5, 0.6) is 5.75 Å². The highest BCUT2D eigenvalue weighted by Crippen LogP contribution is 2.20. The van der Waals surface area contributed by atoms with Crippen molar-refractivity contribution < 1.29 is 4.74 Å². The average molecular weight is 637 g/mol. The third-order valence-corrected chi connectivity index (χ3v) is 7.94. The van der Waals surface area contributed by atoms with Gasteiger partial charge < -0.3 is 4.74 Å². The Kier molecular flexibility index (Phi) is 19.8. The van der Waals surface area contributed by atoms with E-state index in [-0.39, 0.29) is 6.10 Å². The summed E-state index contributed by atoms with van der Waals surface area (Å²) in [5.74, 6) is 4.90. The van der Waals surface area contributed by atoms with Crippen molar-refractivity contribution in [2.75, 3.05) is 0 Å². The Balaban J connectivity index is 0.000000316. The fourth-order valence-electron chi connectivity index (χ4n) is 4.82. The Hall–Kier alpha value is -3.32. The molecule has 0 heterocycles. The zero-order valence-corrected chi connectivity index (χ0v) is 32.5. The van der Waals surface area contributed by atoms with Gasteiger partial charge in [-0.25, -0.2) is 0 Å². The summed E-state index contributed by atoms with van der Waals surface area (Å²) in [4.78, 5) is 0. The van der Waals surface area contributed by atoms with Crippen LogP contribution in [0.2, 0.25) is 0 Å². The molecule has 1 heteroatoms. The zero-order chi connectivity index (χ0) is 35.5. The molecule has 0 radical (unpaired) electrons. The molecule has 4 rings (SSSR count). The lowest BCUT2D eigenvalue weighted by Gasteiger charge is -2.11. The number of hydrogen-bond acceptors (Lipinski definition) is 1. The molecule has 4 aromatic rings. The van der Waals surface area contributed by atoms with Crippen molar-refractivity contribution in [3.63, 3.8) is 0 Å². The lowest BCUT2D eigenvalue weighted by atomic mass is 9.97. The van der Waals surface area contributed by atoms with Gasteiger partial charge in [-0.1, -0.05) is 174 Å². The van der Waals surface area contributed by atoms with Gasteiger partial charge in [0.05, 0.1) is 6.10 Å². The molecular weight excluding hydrogens is 569 g/mol. The second kappa shape index (κ2) is 22.3. The zero-order valence-electron chi connectivity index (χ0n) is 32.5. The predicted molar refractivity (Wildman–Crippen MR) is 211 cm³/mol. The minimum absolute atomic E-state index is 0.255. The van der Waals surface area contributed by atoms with E-state index in [1.807, 2.05) is 32.0 Å². The van der Waals surface area contributed by atoms with E-state index in [2.05, 4.69) is 168 Å². The van der Waals surface area contributed by atoms with E-state index in [1.165, 1.54) is 39.8 Å². The molecule has 0 N–H and O–H groups in total. The molecule has 0 amide bonds.